The van der Waals surface area contributed by atoms with Gasteiger partial charge in [0.15, 0.2) is 0 Å². The molecule has 1 saturated heterocycles. The highest BCUT2D eigenvalue weighted by atomic mass is 16.3. The normalized spacial score (nSPS) is 26.1. The van der Waals surface area contributed by atoms with E-state index in [9.17, 15) is 0 Å². The van der Waals surface area contributed by atoms with E-state index >= 15 is 0 Å². The molecule has 1 aromatic heterocycles. The summed E-state index contributed by atoms with van der Waals surface area (Å²) in [5.74, 6) is 1.87. The van der Waals surface area contributed by atoms with Gasteiger partial charge in [0.1, 0.15) is 5.76 Å². The lowest BCUT2D eigenvalue weighted by Gasteiger charge is -2.43. The maximum absolute atomic E-state index is 5.44. The molecule has 0 aromatic carbocycles. The molecule has 1 aromatic rings. The first-order valence-electron chi connectivity index (χ1n) is 8.07. The molecule has 0 bridgehead atoms. The van der Waals surface area contributed by atoms with Crippen molar-refractivity contribution in [2.75, 3.05) is 13.1 Å². The molecule has 0 amide bonds. The zero-order chi connectivity index (χ0) is 14.5. The van der Waals surface area contributed by atoms with Crippen LogP contribution in [0.15, 0.2) is 22.8 Å². The van der Waals surface area contributed by atoms with E-state index < -0.39 is 0 Å². The average Bonchev–Trinajstić information content (AvgIpc) is 2.91. The molecule has 1 aliphatic heterocycles. The van der Waals surface area contributed by atoms with Crippen LogP contribution >= 0.6 is 0 Å². The summed E-state index contributed by atoms with van der Waals surface area (Å²) in [5, 5.41) is 3.69. The van der Waals surface area contributed by atoms with Gasteiger partial charge in [-0.15, -0.1) is 0 Å². The first-order valence-corrected chi connectivity index (χ1v) is 8.07. The van der Waals surface area contributed by atoms with E-state index in [2.05, 4.69) is 44.0 Å². The molecular weight excluding hydrogens is 248 g/mol. The third-order valence-corrected chi connectivity index (χ3v) is 4.41. The van der Waals surface area contributed by atoms with Crippen LogP contribution < -0.4 is 5.32 Å². The van der Waals surface area contributed by atoms with Gasteiger partial charge in [0, 0.05) is 37.6 Å². The van der Waals surface area contributed by atoms with Gasteiger partial charge in [-0.3, -0.25) is 4.90 Å². The number of piperazine rings is 1. The van der Waals surface area contributed by atoms with E-state index in [4.69, 9.17) is 4.42 Å². The molecule has 1 fully saturated rings. The van der Waals surface area contributed by atoms with Crippen molar-refractivity contribution in [2.24, 2.45) is 5.92 Å². The summed E-state index contributed by atoms with van der Waals surface area (Å²) in [6.45, 7) is 11.6. The first kappa shape index (κ1) is 15.6. The van der Waals surface area contributed by atoms with Crippen LogP contribution in [0.4, 0.5) is 0 Å². The van der Waals surface area contributed by atoms with Crippen LogP contribution in [0.1, 0.15) is 46.3 Å². The summed E-state index contributed by atoms with van der Waals surface area (Å²) in [6.07, 6.45) is 5.26. The van der Waals surface area contributed by atoms with Gasteiger partial charge in [-0.1, -0.05) is 13.8 Å². The molecule has 3 unspecified atom stereocenters. The van der Waals surface area contributed by atoms with E-state index in [0.29, 0.717) is 18.1 Å². The van der Waals surface area contributed by atoms with Crippen LogP contribution in [0.25, 0.3) is 0 Å². The van der Waals surface area contributed by atoms with E-state index in [-0.39, 0.29) is 0 Å². The Kier molecular flexibility index (Phi) is 5.67. The molecule has 2 rings (SSSR count). The molecule has 0 saturated carbocycles. The molecule has 0 aliphatic carbocycles. The molecule has 1 aliphatic rings. The SMILES string of the molecule is CC(C)CC1CN(C(C)CCc2ccco2)C(C)CN1. The number of hydrogen-bond acceptors (Lipinski definition) is 3. The van der Waals surface area contributed by atoms with E-state index in [1.54, 1.807) is 6.26 Å². The maximum atomic E-state index is 5.44. The molecule has 3 heteroatoms. The van der Waals surface area contributed by atoms with E-state index in [1.807, 2.05) is 6.07 Å². The van der Waals surface area contributed by atoms with Crippen molar-refractivity contribution >= 4 is 0 Å². The number of aryl methyl sites for hydroxylation is 1. The van der Waals surface area contributed by atoms with Crippen molar-refractivity contribution in [3.63, 3.8) is 0 Å². The second-order valence-electron chi connectivity index (χ2n) is 6.75. The van der Waals surface area contributed by atoms with Crippen molar-refractivity contribution in [1.29, 1.82) is 0 Å². The topological polar surface area (TPSA) is 28.4 Å². The fourth-order valence-corrected chi connectivity index (χ4v) is 3.27. The van der Waals surface area contributed by atoms with Gasteiger partial charge in [0.05, 0.1) is 6.26 Å². The first-order chi connectivity index (χ1) is 9.56. The van der Waals surface area contributed by atoms with Gasteiger partial charge in [0.25, 0.3) is 0 Å². The predicted octanol–water partition coefficient (Wildman–Crippen LogP) is 3.31. The number of furan rings is 1. The molecule has 3 nitrogen and oxygen atoms in total. The summed E-state index contributed by atoms with van der Waals surface area (Å²) >= 11 is 0. The van der Waals surface area contributed by atoms with E-state index in [1.165, 1.54) is 19.4 Å². The molecule has 114 valence electrons. The molecule has 3 atom stereocenters. The van der Waals surface area contributed by atoms with Crippen LogP contribution in [0, 0.1) is 5.92 Å². The lowest BCUT2D eigenvalue weighted by molar-refractivity contribution is 0.0877. The van der Waals surface area contributed by atoms with E-state index in [0.717, 1.165) is 24.6 Å². The number of hydrogen-bond donors (Lipinski definition) is 1. The predicted molar refractivity (Wildman–Crippen MR) is 83.9 cm³/mol. The highest BCUT2D eigenvalue weighted by Gasteiger charge is 2.28. The molecule has 1 N–H and O–H groups in total. The van der Waals surface area contributed by atoms with Crippen molar-refractivity contribution in [2.45, 2.75) is 65.1 Å². The molecule has 2 heterocycles. The minimum atomic E-state index is 0.617. The third-order valence-electron chi connectivity index (χ3n) is 4.41. The summed E-state index contributed by atoms with van der Waals surface area (Å²) in [4.78, 5) is 2.67. The lowest BCUT2D eigenvalue weighted by atomic mass is 9.98. The van der Waals surface area contributed by atoms with Crippen LogP contribution in [0.2, 0.25) is 0 Å². The van der Waals surface area contributed by atoms with Gasteiger partial charge in [0.2, 0.25) is 0 Å². The third kappa shape index (κ3) is 4.35. The average molecular weight is 278 g/mol. The zero-order valence-electron chi connectivity index (χ0n) is 13.4. The maximum Gasteiger partial charge on any atom is 0.103 e. The largest absolute Gasteiger partial charge is 0.469 e. The Balaban J connectivity index is 1.84. The fourth-order valence-electron chi connectivity index (χ4n) is 3.27. The number of rotatable bonds is 6. The highest BCUT2D eigenvalue weighted by Crippen LogP contribution is 2.18. The summed E-state index contributed by atoms with van der Waals surface area (Å²) in [6, 6.07) is 5.95. The van der Waals surface area contributed by atoms with Crippen LogP contribution in [0.5, 0.6) is 0 Å². The Hall–Kier alpha value is -0.800. The fraction of sp³-hybridized carbons (Fsp3) is 0.765. The van der Waals surface area contributed by atoms with Crippen LogP contribution in [-0.2, 0) is 6.42 Å². The zero-order valence-corrected chi connectivity index (χ0v) is 13.4. The Morgan fingerprint density at radius 1 is 1.40 bits per heavy atom. The standard InChI is InChI=1S/C17H30N2O/c1-13(2)10-16-12-19(15(4)11-18-16)14(3)7-8-17-6-5-9-20-17/h5-6,9,13-16,18H,7-8,10-12H2,1-4H3. The smallest absolute Gasteiger partial charge is 0.103 e. The Labute approximate surface area is 123 Å². The van der Waals surface area contributed by atoms with Crippen molar-refractivity contribution in [1.82, 2.24) is 10.2 Å². The van der Waals surface area contributed by atoms with Gasteiger partial charge < -0.3 is 9.73 Å². The lowest BCUT2D eigenvalue weighted by Crippen LogP contribution is -2.58. The quantitative estimate of drug-likeness (QED) is 0.865. The minimum Gasteiger partial charge on any atom is -0.469 e. The number of nitrogens with zero attached hydrogens (tertiary/aromatic N) is 1. The Morgan fingerprint density at radius 2 is 2.20 bits per heavy atom. The molecule has 0 spiro atoms. The minimum absolute atomic E-state index is 0.617. The van der Waals surface area contributed by atoms with Crippen molar-refractivity contribution in [3.8, 4) is 0 Å². The van der Waals surface area contributed by atoms with Crippen molar-refractivity contribution < 1.29 is 4.42 Å². The van der Waals surface area contributed by atoms with Gasteiger partial charge in [-0.25, -0.2) is 0 Å². The molecular formula is C17H30N2O. The summed E-state index contributed by atoms with van der Waals surface area (Å²) < 4.78 is 5.44. The summed E-state index contributed by atoms with van der Waals surface area (Å²) in [5.41, 5.74) is 0. The monoisotopic (exact) mass is 278 g/mol. The molecule has 20 heavy (non-hydrogen) atoms. The number of nitrogens with one attached hydrogen (secondary N) is 1. The van der Waals surface area contributed by atoms with Gasteiger partial charge in [-0.2, -0.15) is 0 Å². The Morgan fingerprint density at radius 3 is 2.85 bits per heavy atom. The van der Waals surface area contributed by atoms with Gasteiger partial charge in [-0.05, 0) is 44.7 Å². The van der Waals surface area contributed by atoms with Crippen LogP contribution in [0.3, 0.4) is 0 Å². The second-order valence-corrected chi connectivity index (χ2v) is 6.75. The summed E-state index contributed by atoms with van der Waals surface area (Å²) in [7, 11) is 0. The van der Waals surface area contributed by atoms with Crippen LogP contribution in [-0.4, -0.2) is 36.1 Å². The molecule has 0 radical (unpaired) electrons. The van der Waals surface area contributed by atoms with Crippen molar-refractivity contribution in [3.05, 3.63) is 24.2 Å². The second kappa shape index (κ2) is 7.28. The Bertz CT molecular complexity index is 374. The van der Waals surface area contributed by atoms with Gasteiger partial charge >= 0.3 is 0 Å². The highest BCUT2D eigenvalue weighted by molar-refractivity contribution is 4.99.